The van der Waals surface area contributed by atoms with Gasteiger partial charge in [0.05, 0.1) is 12.8 Å². The van der Waals surface area contributed by atoms with Crippen LogP contribution in [-0.2, 0) is 4.79 Å². The van der Waals surface area contributed by atoms with Gasteiger partial charge in [0.15, 0.2) is 5.15 Å². The molecule has 0 aliphatic carbocycles. The second kappa shape index (κ2) is 9.54. The average molecular weight is 444 g/mol. The Morgan fingerprint density at radius 3 is 2.53 bits per heavy atom. The largest absolute Gasteiger partial charge is 0.496 e. The summed E-state index contributed by atoms with van der Waals surface area (Å²) in [6, 6.07) is 5.62. The fourth-order valence-electron chi connectivity index (χ4n) is 3.56. The number of ether oxygens (including phenoxy) is 1. The van der Waals surface area contributed by atoms with Gasteiger partial charge in [0.1, 0.15) is 11.5 Å². The highest BCUT2D eigenvalue weighted by Crippen LogP contribution is 2.43. The van der Waals surface area contributed by atoms with E-state index in [2.05, 4.69) is 15.0 Å². The van der Waals surface area contributed by atoms with E-state index in [4.69, 9.17) is 27.9 Å². The van der Waals surface area contributed by atoms with Crippen molar-refractivity contribution in [3.05, 3.63) is 70.0 Å². The lowest BCUT2D eigenvalue weighted by Gasteiger charge is -2.22. The number of nitrogens with zero attached hydrogens (tertiary/aromatic N) is 3. The number of ketones is 1. The van der Waals surface area contributed by atoms with Crippen molar-refractivity contribution < 1.29 is 9.53 Å². The minimum atomic E-state index is -0.425. The summed E-state index contributed by atoms with van der Waals surface area (Å²) >= 11 is 12.7. The van der Waals surface area contributed by atoms with Gasteiger partial charge in [-0.2, -0.15) is 0 Å². The zero-order valence-corrected chi connectivity index (χ0v) is 18.8. The topological polar surface area (TPSA) is 65.0 Å². The zero-order chi connectivity index (χ0) is 21.8. The monoisotopic (exact) mass is 443 g/mol. The third kappa shape index (κ3) is 4.47. The van der Waals surface area contributed by atoms with Crippen LogP contribution in [0.2, 0.25) is 10.2 Å². The summed E-state index contributed by atoms with van der Waals surface area (Å²) in [4.78, 5) is 25.7. The van der Waals surface area contributed by atoms with Gasteiger partial charge in [0.25, 0.3) is 0 Å². The highest BCUT2D eigenvalue weighted by Gasteiger charge is 2.26. The third-order valence-corrected chi connectivity index (χ3v) is 5.95. The number of benzene rings is 1. The van der Waals surface area contributed by atoms with Gasteiger partial charge < -0.3 is 4.74 Å². The zero-order valence-electron chi connectivity index (χ0n) is 17.3. The van der Waals surface area contributed by atoms with Crippen molar-refractivity contribution in [2.24, 2.45) is 0 Å². The van der Waals surface area contributed by atoms with Crippen LogP contribution in [0.3, 0.4) is 0 Å². The predicted octanol–water partition coefficient (Wildman–Crippen LogP) is 6.03. The molecule has 0 bridgehead atoms. The van der Waals surface area contributed by atoms with Gasteiger partial charge in [-0.1, -0.05) is 43.1 Å². The first-order valence-electron chi connectivity index (χ1n) is 9.61. The first kappa shape index (κ1) is 22.2. The van der Waals surface area contributed by atoms with Crippen LogP contribution < -0.4 is 4.74 Å². The second-order valence-corrected chi connectivity index (χ2v) is 8.01. The van der Waals surface area contributed by atoms with Crippen LogP contribution in [0.25, 0.3) is 11.1 Å². The smallest absolute Gasteiger partial charge is 0.150 e. The van der Waals surface area contributed by atoms with Gasteiger partial charge in [-0.15, -0.1) is 0 Å². The lowest BCUT2D eigenvalue weighted by Crippen LogP contribution is -2.15. The number of hydrogen-bond donors (Lipinski definition) is 0. The molecule has 30 heavy (non-hydrogen) atoms. The molecule has 2 aromatic heterocycles. The molecule has 0 amide bonds. The quantitative estimate of drug-likeness (QED) is 0.445. The summed E-state index contributed by atoms with van der Waals surface area (Å²) in [6.07, 6.45) is 6.85. The van der Waals surface area contributed by atoms with E-state index in [1.54, 1.807) is 25.7 Å². The van der Waals surface area contributed by atoms with Crippen LogP contribution in [-0.4, -0.2) is 27.8 Å². The van der Waals surface area contributed by atoms with E-state index in [1.807, 2.05) is 39.0 Å². The van der Waals surface area contributed by atoms with Crippen molar-refractivity contribution in [1.82, 2.24) is 15.0 Å². The van der Waals surface area contributed by atoms with Gasteiger partial charge in [0, 0.05) is 64.8 Å². The SMILES string of the molecule is COc1c(C(C)C(=O)CC(C)c2nccnc2Cl)cc(Cl)c(C)c1-c1cccnc1. The molecule has 0 aliphatic rings. The van der Waals surface area contributed by atoms with Crippen LogP contribution in [0.4, 0.5) is 0 Å². The van der Waals surface area contributed by atoms with Gasteiger partial charge >= 0.3 is 0 Å². The Balaban J connectivity index is 1.97. The molecule has 2 atom stereocenters. The van der Waals surface area contributed by atoms with Crippen molar-refractivity contribution in [2.75, 3.05) is 7.11 Å². The second-order valence-electron chi connectivity index (χ2n) is 7.25. The van der Waals surface area contributed by atoms with Gasteiger partial charge in [-0.05, 0) is 24.6 Å². The van der Waals surface area contributed by atoms with E-state index in [0.29, 0.717) is 21.6 Å². The van der Waals surface area contributed by atoms with Crippen molar-refractivity contribution in [3.8, 4) is 16.9 Å². The minimum absolute atomic E-state index is 0.0413. The van der Waals surface area contributed by atoms with Crippen molar-refractivity contribution >= 4 is 29.0 Å². The van der Waals surface area contributed by atoms with E-state index in [9.17, 15) is 4.79 Å². The van der Waals surface area contributed by atoms with Crippen molar-refractivity contribution in [1.29, 1.82) is 0 Å². The highest BCUT2D eigenvalue weighted by molar-refractivity contribution is 6.32. The summed E-state index contributed by atoms with van der Waals surface area (Å²) in [5, 5.41) is 0.898. The van der Waals surface area contributed by atoms with Crippen LogP contribution in [0.5, 0.6) is 5.75 Å². The van der Waals surface area contributed by atoms with E-state index in [0.717, 1.165) is 22.3 Å². The normalized spacial score (nSPS) is 13.0. The maximum absolute atomic E-state index is 13.1. The number of carbonyl (C=O) groups is 1. The summed E-state index contributed by atoms with van der Waals surface area (Å²) in [6.45, 7) is 5.71. The number of carbonyl (C=O) groups excluding carboxylic acids is 1. The number of aromatic nitrogens is 3. The standard InChI is InChI=1S/C23H23Cl2N3O2/c1-13(21-23(25)28-9-8-27-21)10-19(29)14(2)17-11-18(24)15(3)20(22(17)30-4)16-6-5-7-26-12-16/h5-9,11-14H,10H2,1-4H3. The molecule has 156 valence electrons. The molecule has 7 heteroatoms. The summed E-state index contributed by atoms with van der Waals surface area (Å²) < 4.78 is 5.76. The van der Waals surface area contributed by atoms with Gasteiger partial charge in [0.2, 0.25) is 0 Å². The summed E-state index contributed by atoms with van der Waals surface area (Å²) in [5.74, 6) is 0.0905. The molecule has 0 radical (unpaired) electrons. The molecule has 3 rings (SSSR count). The lowest BCUT2D eigenvalue weighted by molar-refractivity contribution is -0.120. The molecule has 2 heterocycles. The molecule has 0 aliphatic heterocycles. The Kier molecular flexibility index (Phi) is 7.06. The molecular weight excluding hydrogens is 421 g/mol. The predicted molar refractivity (Wildman–Crippen MR) is 119 cm³/mol. The number of Topliss-reactive ketones (excluding diaryl/α,β-unsaturated/α-hetero) is 1. The summed E-state index contributed by atoms with van der Waals surface area (Å²) in [7, 11) is 1.60. The van der Waals surface area contributed by atoms with E-state index in [1.165, 1.54) is 6.20 Å². The molecule has 0 saturated heterocycles. The fourth-order valence-corrected chi connectivity index (χ4v) is 4.06. The Morgan fingerprint density at radius 2 is 1.90 bits per heavy atom. The Morgan fingerprint density at radius 1 is 1.17 bits per heavy atom. The molecule has 2 unspecified atom stereocenters. The summed E-state index contributed by atoms with van der Waals surface area (Å²) in [5.41, 5.74) is 3.97. The Hall–Kier alpha value is -2.50. The van der Waals surface area contributed by atoms with Crippen LogP contribution in [0.15, 0.2) is 43.0 Å². The van der Waals surface area contributed by atoms with E-state index < -0.39 is 5.92 Å². The molecule has 1 aromatic carbocycles. The fraction of sp³-hybridized carbons (Fsp3) is 0.304. The molecule has 0 N–H and O–H groups in total. The van der Waals surface area contributed by atoms with E-state index in [-0.39, 0.29) is 18.1 Å². The molecule has 0 spiro atoms. The maximum Gasteiger partial charge on any atom is 0.150 e. The molecule has 0 fully saturated rings. The van der Waals surface area contributed by atoms with Crippen molar-refractivity contribution in [3.63, 3.8) is 0 Å². The van der Waals surface area contributed by atoms with Crippen LogP contribution in [0, 0.1) is 6.92 Å². The Labute approximate surface area is 186 Å². The van der Waals surface area contributed by atoms with Gasteiger partial charge in [-0.3, -0.25) is 14.8 Å². The van der Waals surface area contributed by atoms with Crippen LogP contribution >= 0.6 is 23.2 Å². The minimum Gasteiger partial charge on any atom is -0.496 e. The molecule has 5 nitrogen and oxygen atoms in total. The molecule has 3 aromatic rings. The third-order valence-electron chi connectivity index (χ3n) is 5.26. The Bertz CT molecular complexity index is 1060. The van der Waals surface area contributed by atoms with Crippen molar-refractivity contribution in [2.45, 2.75) is 39.0 Å². The molecular formula is C23H23Cl2N3O2. The number of hydrogen-bond acceptors (Lipinski definition) is 5. The van der Waals surface area contributed by atoms with Gasteiger partial charge in [-0.25, -0.2) is 4.98 Å². The van der Waals surface area contributed by atoms with Crippen LogP contribution in [0.1, 0.15) is 48.9 Å². The first-order valence-corrected chi connectivity index (χ1v) is 10.4. The number of rotatable bonds is 7. The molecule has 0 saturated carbocycles. The maximum atomic E-state index is 13.1. The van der Waals surface area contributed by atoms with E-state index >= 15 is 0 Å². The number of halogens is 2. The average Bonchev–Trinajstić information content (AvgIpc) is 2.75. The number of methoxy groups -OCH3 is 1. The first-order chi connectivity index (χ1) is 14.3. The highest BCUT2D eigenvalue weighted by atomic mass is 35.5. The number of pyridine rings is 1. The lowest BCUT2D eigenvalue weighted by atomic mass is 9.86.